The van der Waals surface area contributed by atoms with Gasteiger partial charge in [0.1, 0.15) is 11.0 Å². The molecular weight excluding hydrogens is 431 g/mol. The van der Waals surface area contributed by atoms with Crippen molar-refractivity contribution in [1.29, 1.82) is 0 Å². The standard InChI is InChI=1S/C21H21Cl3N4O/c1-12(29)28(11-13-7-15(22)10-16(23)8-13)17-4-2-3-14(9-17)20-25-18-5-6-19(24)26-21(18)27-20/h5-8,10,14,17H,2-4,9,11H2,1H3,(H,25,26,27)/t14-,17+/m0/s1. The zero-order valence-electron chi connectivity index (χ0n) is 16.0. The Morgan fingerprint density at radius 2 is 1.90 bits per heavy atom. The van der Waals surface area contributed by atoms with Crippen LogP contribution in [0.2, 0.25) is 15.2 Å². The van der Waals surface area contributed by atoms with E-state index in [1.807, 2.05) is 23.1 Å². The molecule has 8 heteroatoms. The highest BCUT2D eigenvalue weighted by Gasteiger charge is 2.30. The van der Waals surface area contributed by atoms with Crippen molar-refractivity contribution >= 4 is 51.9 Å². The Hall–Kier alpha value is -1.82. The summed E-state index contributed by atoms with van der Waals surface area (Å²) in [5.74, 6) is 1.20. The maximum Gasteiger partial charge on any atom is 0.219 e. The topological polar surface area (TPSA) is 61.9 Å². The Kier molecular flexibility index (Phi) is 6.00. The summed E-state index contributed by atoms with van der Waals surface area (Å²) in [4.78, 5) is 26.7. The predicted molar refractivity (Wildman–Crippen MR) is 117 cm³/mol. The minimum absolute atomic E-state index is 0.0461. The number of nitrogens with one attached hydrogen (secondary N) is 1. The second-order valence-corrected chi connectivity index (χ2v) is 8.83. The fraction of sp³-hybridized carbons (Fsp3) is 0.381. The van der Waals surface area contributed by atoms with Crippen LogP contribution < -0.4 is 0 Å². The van der Waals surface area contributed by atoms with Crippen LogP contribution in [0, 0.1) is 0 Å². The highest BCUT2D eigenvalue weighted by atomic mass is 35.5. The molecule has 0 spiro atoms. The van der Waals surface area contributed by atoms with Crippen molar-refractivity contribution in [2.24, 2.45) is 0 Å². The third-order valence-corrected chi connectivity index (χ3v) is 6.13. The fourth-order valence-corrected chi connectivity index (χ4v) is 4.89. The van der Waals surface area contributed by atoms with Gasteiger partial charge in [-0.1, -0.05) is 41.2 Å². The van der Waals surface area contributed by atoms with Gasteiger partial charge in [0.25, 0.3) is 0 Å². The summed E-state index contributed by atoms with van der Waals surface area (Å²) in [7, 11) is 0. The van der Waals surface area contributed by atoms with Gasteiger partial charge in [-0.05, 0) is 55.2 Å². The Morgan fingerprint density at radius 3 is 2.62 bits per heavy atom. The van der Waals surface area contributed by atoms with Crippen LogP contribution in [0.15, 0.2) is 30.3 Å². The molecule has 2 heterocycles. The van der Waals surface area contributed by atoms with Crippen molar-refractivity contribution < 1.29 is 4.79 Å². The number of aromatic amines is 1. The minimum atomic E-state index is 0.0461. The second-order valence-electron chi connectivity index (χ2n) is 7.57. The largest absolute Gasteiger partial charge is 0.340 e. The number of imidazole rings is 1. The number of amides is 1. The Morgan fingerprint density at radius 1 is 1.14 bits per heavy atom. The van der Waals surface area contributed by atoms with Gasteiger partial charge in [0, 0.05) is 35.5 Å². The number of nitrogens with zero attached hydrogens (tertiary/aromatic N) is 3. The molecule has 2 atom stereocenters. The van der Waals surface area contributed by atoms with Gasteiger partial charge < -0.3 is 9.88 Å². The molecule has 5 nitrogen and oxygen atoms in total. The van der Waals surface area contributed by atoms with Gasteiger partial charge in [-0.25, -0.2) is 9.97 Å². The van der Waals surface area contributed by atoms with E-state index in [4.69, 9.17) is 34.8 Å². The highest BCUT2D eigenvalue weighted by molar-refractivity contribution is 6.34. The first kappa shape index (κ1) is 20.5. The van der Waals surface area contributed by atoms with Gasteiger partial charge in [-0.15, -0.1) is 0 Å². The molecule has 0 bridgehead atoms. The summed E-state index contributed by atoms with van der Waals surface area (Å²) in [6.07, 6.45) is 3.87. The van der Waals surface area contributed by atoms with E-state index >= 15 is 0 Å². The van der Waals surface area contributed by atoms with Crippen LogP contribution in [0.25, 0.3) is 11.2 Å². The van der Waals surface area contributed by atoms with Gasteiger partial charge in [0.05, 0.1) is 5.52 Å². The third-order valence-electron chi connectivity index (χ3n) is 5.48. The van der Waals surface area contributed by atoms with Crippen molar-refractivity contribution in [3.8, 4) is 0 Å². The number of halogens is 3. The quantitative estimate of drug-likeness (QED) is 0.495. The Balaban J connectivity index is 1.55. The molecule has 1 aliphatic rings. The number of benzene rings is 1. The number of hydrogen-bond acceptors (Lipinski definition) is 3. The SMILES string of the molecule is CC(=O)N(Cc1cc(Cl)cc(Cl)c1)[C@@H]1CCC[C@H](c2nc3nc(Cl)ccc3[nH]2)C1. The van der Waals surface area contributed by atoms with Crippen LogP contribution in [0.4, 0.5) is 0 Å². The highest BCUT2D eigenvalue weighted by Crippen LogP contribution is 2.35. The molecule has 1 aromatic carbocycles. The monoisotopic (exact) mass is 450 g/mol. The molecule has 0 aliphatic heterocycles. The van der Waals surface area contributed by atoms with E-state index < -0.39 is 0 Å². The normalized spacial score (nSPS) is 19.4. The molecule has 0 unspecified atom stereocenters. The van der Waals surface area contributed by atoms with Crippen LogP contribution in [0.5, 0.6) is 0 Å². The first-order chi connectivity index (χ1) is 13.9. The van der Waals surface area contributed by atoms with Crippen LogP contribution >= 0.6 is 34.8 Å². The number of aromatic nitrogens is 3. The minimum Gasteiger partial charge on any atom is -0.340 e. The van der Waals surface area contributed by atoms with Crippen molar-refractivity contribution in [3.05, 3.63) is 56.9 Å². The summed E-state index contributed by atoms with van der Waals surface area (Å²) < 4.78 is 0. The van der Waals surface area contributed by atoms with Gasteiger partial charge in [-0.3, -0.25) is 4.79 Å². The second kappa shape index (κ2) is 8.50. The summed E-state index contributed by atoms with van der Waals surface area (Å²) in [5, 5.41) is 1.58. The van der Waals surface area contributed by atoms with Crippen LogP contribution in [0.3, 0.4) is 0 Å². The van der Waals surface area contributed by atoms with Crippen molar-refractivity contribution in [2.75, 3.05) is 0 Å². The number of H-pyrrole nitrogens is 1. The molecule has 1 aliphatic carbocycles. The molecule has 1 fully saturated rings. The molecule has 3 aromatic rings. The number of carbonyl (C=O) groups is 1. The maximum atomic E-state index is 12.5. The van der Waals surface area contributed by atoms with E-state index in [0.29, 0.717) is 27.4 Å². The molecular formula is C21H21Cl3N4O. The van der Waals surface area contributed by atoms with Gasteiger partial charge in [0.2, 0.25) is 5.91 Å². The fourth-order valence-electron chi connectivity index (χ4n) is 4.17. The van der Waals surface area contributed by atoms with Crippen LogP contribution in [0.1, 0.15) is 49.9 Å². The van der Waals surface area contributed by atoms with Gasteiger partial charge in [-0.2, -0.15) is 0 Å². The van der Waals surface area contributed by atoms with E-state index in [0.717, 1.165) is 42.6 Å². The molecule has 1 N–H and O–H groups in total. The summed E-state index contributed by atoms with van der Waals surface area (Å²) in [5.41, 5.74) is 2.44. The average Bonchev–Trinajstić information content (AvgIpc) is 3.08. The number of fused-ring (bicyclic) bond motifs is 1. The third kappa shape index (κ3) is 4.68. The average molecular weight is 452 g/mol. The molecule has 152 valence electrons. The number of rotatable bonds is 4. The molecule has 0 saturated heterocycles. The van der Waals surface area contributed by atoms with E-state index in [1.54, 1.807) is 19.1 Å². The summed E-state index contributed by atoms with van der Waals surface area (Å²) >= 11 is 18.3. The molecule has 4 rings (SSSR count). The number of carbonyl (C=O) groups excluding carboxylic acids is 1. The lowest BCUT2D eigenvalue weighted by molar-refractivity contribution is -0.132. The van der Waals surface area contributed by atoms with E-state index in [1.165, 1.54) is 0 Å². The Bertz CT molecular complexity index is 1030. The molecule has 1 amide bonds. The maximum absolute atomic E-state index is 12.5. The lowest BCUT2D eigenvalue weighted by Gasteiger charge is -2.36. The van der Waals surface area contributed by atoms with Crippen LogP contribution in [-0.4, -0.2) is 31.8 Å². The molecule has 2 aromatic heterocycles. The molecule has 29 heavy (non-hydrogen) atoms. The van der Waals surface area contributed by atoms with E-state index in [-0.39, 0.29) is 17.9 Å². The molecule has 1 saturated carbocycles. The van der Waals surface area contributed by atoms with Crippen molar-refractivity contribution in [3.63, 3.8) is 0 Å². The smallest absolute Gasteiger partial charge is 0.219 e. The zero-order valence-corrected chi connectivity index (χ0v) is 18.2. The van der Waals surface area contributed by atoms with Crippen LogP contribution in [-0.2, 0) is 11.3 Å². The first-order valence-corrected chi connectivity index (χ1v) is 10.8. The van der Waals surface area contributed by atoms with E-state index in [9.17, 15) is 4.79 Å². The zero-order chi connectivity index (χ0) is 20.5. The number of hydrogen-bond donors (Lipinski definition) is 1. The van der Waals surface area contributed by atoms with Crippen molar-refractivity contribution in [2.45, 2.75) is 51.1 Å². The van der Waals surface area contributed by atoms with Gasteiger partial charge in [0.15, 0.2) is 5.65 Å². The summed E-state index contributed by atoms with van der Waals surface area (Å²) in [6.45, 7) is 2.10. The predicted octanol–water partition coefficient (Wildman–Crippen LogP) is 5.99. The van der Waals surface area contributed by atoms with Gasteiger partial charge >= 0.3 is 0 Å². The number of pyridine rings is 1. The lowest BCUT2D eigenvalue weighted by atomic mass is 9.84. The van der Waals surface area contributed by atoms with Crippen molar-refractivity contribution in [1.82, 2.24) is 19.9 Å². The Labute approximate surface area is 184 Å². The first-order valence-electron chi connectivity index (χ1n) is 9.63. The molecule has 0 radical (unpaired) electrons. The van der Waals surface area contributed by atoms with E-state index in [2.05, 4.69) is 15.0 Å². The summed E-state index contributed by atoms with van der Waals surface area (Å²) in [6, 6.07) is 9.20. The lowest BCUT2D eigenvalue weighted by Crippen LogP contribution is -2.41.